The molecule has 1 fully saturated rings. The number of carbonyl (C=O) groups is 1. The van der Waals surface area contributed by atoms with Crippen molar-refractivity contribution in [3.05, 3.63) is 35.4 Å². The van der Waals surface area contributed by atoms with Crippen molar-refractivity contribution in [1.29, 1.82) is 0 Å². The fourth-order valence-electron chi connectivity index (χ4n) is 2.57. The second-order valence-corrected chi connectivity index (χ2v) is 6.84. The molecule has 0 bridgehead atoms. The third kappa shape index (κ3) is 4.74. The third-order valence-corrected chi connectivity index (χ3v) is 3.78. The van der Waals surface area contributed by atoms with Crippen molar-refractivity contribution in [2.75, 3.05) is 13.6 Å². The van der Waals surface area contributed by atoms with Crippen LogP contribution in [0.25, 0.3) is 0 Å². The van der Waals surface area contributed by atoms with Crippen molar-refractivity contribution in [1.82, 2.24) is 10.2 Å². The van der Waals surface area contributed by atoms with Crippen LogP contribution in [-0.4, -0.2) is 35.2 Å². The summed E-state index contributed by atoms with van der Waals surface area (Å²) >= 11 is 0. The van der Waals surface area contributed by atoms with Crippen molar-refractivity contribution < 1.29 is 9.90 Å². The summed E-state index contributed by atoms with van der Waals surface area (Å²) in [6.07, 6.45) is 2.32. The van der Waals surface area contributed by atoms with Gasteiger partial charge >= 0.3 is 6.03 Å². The van der Waals surface area contributed by atoms with Gasteiger partial charge in [0.1, 0.15) is 0 Å². The van der Waals surface area contributed by atoms with Gasteiger partial charge in [-0.05, 0) is 45.1 Å². The van der Waals surface area contributed by atoms with Crippen molar-refractivity contribution in [3.63, 3.8) is 0 Å². The molecule has 1 aromatic carbocycles. The third-order valence-electron chi connectivity index (χ3n) is 3.78. The van der Waals surface area contributed by atoms with Crippen molar-refractivity contribution in [3.8, 4) is 0 Å². The Bertz CT molecular complexity index is 487. The van der Waals surface area contributed by atoms with Gasteiger partial charge in [-0.1, -0.05) is 29.8 Å². The topological polar surface area (TPSA) is 52.6 Å². The van der Waals surface area contributed by atoms with Crippen LogP contribution in [0.1, 0.15) is 43.9 Å². The van der Waals surface area contributed by atoms with Gasteiger partial charge < -0.3 is 15.3 Å². The van der Waals surface area contributed by atoms with Crippen molar-refractivity contribution in [2.24, 2.45) is 5.92 Å². The van der Waals surface area contributed by atoms with E-state index in [1.807, 2.05) is 0 Å². The van der Waals surface area contributed by atoms with E-state index in [1.54, 1.807) is 25.8 Å². The number of nitrogens with zero attached hydrogens (tertiary/aromatic N) is 1. The Kier molecular flexibility index (Phi) is 4.57. The Morgan fingerprint density at radius 3 is 2.43 bits per heavy atom. The molecule has 0 aromatic heterocycles. The largest absolute Gasteiger partial charge is 0.389 e. The van der Waals surface area contributed by atoms with Crippen LogP contribution in [0.15, 0.2) is 24.3 Å². The van der Waals surface area contributed by atoms with Crippen molar-refractivity contribution >= 4 is 6.03 Å². The van der Waals surface area contributed by atoms with Gasteiger partial charge in [-0.25, -0.2) is 4.79 Å². The summed E-state index contributed by atoms with van der Waals surface area (Å²) in [7, 11) is 1.71. The molecule has 4 heteroatoms. The van der Waals surface area contributed by atoms with Gasteiger partial charge in [-0.15, -0.1) is 0 Å². The molecule has 0 heterocycles. The van der Waals surface area contributed by atoms with Gasteiger partial charge in [-0.3, -0.25) is 0 Å². The molecule has 1 saturated carbocycles. The molecule has 2 N–H and O–H groups in total. The van der Waals surface area contributed by atoms with Crippen molar-refractivity contribution in [2.45, 2.75) is 45.3 Å². The average Bonchev–Trinajstić information content (AvgIpc) is 3.19. The molecule has 0 saturated heterocycles. The normalized spacial score (nSPS) is 16.4. The fourth-order valence-corrected chi connectivity index (χ4v) is 2.57. The Morgan fingerprint density at radius 1 is 1.38 bits per heavy atom. The first-order valence-corrected chi connectivity index (χ1v) is 7.57. The highest BCUT2D eigenvalue weighted by atomic mass is 16.3. The zero-order valence-corrected chi connectivity index (χ0v) is 13.4. The molecule has 1 atom stereocenters. The van der Waals surface area contributed by atoms with E-state index in [2.05, 4.69) is 36.5 Å². The number of aryl methyl sites for hydroxylation is 1. The molecule has 0 spiro atoms. The molecule has 2 amide bonds. The van der Waals surface area contributed by atoms with Gasteiger partial charge in [-0.2, -0.15) is 0 Å². The number of benzene rings is 1. The number of aliphatic hydroxyl groups is 1. The zero-order chi connectivity index (χ0) is 15.6. The van der Waals surface area contributed by atoms with E-state index in [-0.39, 0.29) is 12.1 Å². The number of nitrogens with one attached hydrogen (secondary N) is 1. The number of amides is 2. The molecule has 1 aromatic rings. The highest BCUT2D eigenvalue weighted by Crippen LogP contribution is 2.41. The quantitative estimate of drug-likeness (QED) is 0.876. The van der Waals surface area contributed by atoms with E-state index in [1.165, 1.54) is 5.56 Å². The monoisotopic (exact) mass is 290 g/mol. The van der Waals surface area contributed by atoms with Crippen LogP contribution in [0.3, 0.4) is 0 Å². The summed E-state index contributed by atoms with van der Waals surface area (Å²) in [6.45, 7) is 5.78. The van der Waals surface area contributed by atoms with Crippen LogP contribution in [0.4, 0.5) is 4.79 Å². The van der Waals surface area contributed by atoms with Crippen LogP contribution < -0.4 is 5.32 Å². The van der Waals surface area contributed by atoms with E-state index >= 15 is 0 Å². The lowest BCUT2D eigenvalue weighted by molar-refractivity contribution is 0.0526. The molecule has 1 aliphatic rings. The van der Waals surface area contributed by atoms with Gasteiger partial charge in [0.25, 0.3) is 0 Å². The molecular formula is C17H26N2O2. The molecule has 0 aliphatic heterocycles. The Labute approximate surface area is 127 Å². The molecule has 0 radical (unpaired) electrons. The highest BCUT2D eigenvalue weighted by Gasteiger charge is 2.34. The number of hydrogen-bond donors (Lipinski definition) is 2. The van der Waals surface area contributed by atoms with Gasteiger partial charge in [0.15, 0.2) is 0 Å². The maximum atomic E-state index is 12.3. The highest BCUT2D eigenvalue weighted by molar-refractivity contribution is 5.74. The molecular weight excluding hydrogens is 264 g/mol. The maximum absolute atomic E-state index is 12.3. The zero-order valence-electron chi connectivity index (χ0n) is 13.4. The molecule has 116 valence electrons. The second-order valence-electron chi connectivity index (χ2n) is 6.84. The van der Waals surface area contributed by atoms with Gasteiger partial charge in [0.2, 0.25) is 0 Å². The predicted molar refractivity (Wildman–Crippen MR) is 84.1 cm³/mol. The summed E-state index contributed by atoms with van der Waals surface area (Å²) in [6, 6.07) is 8.29. The minimum atomic E-state index is -0.884. The van der Waals surface area contributed by atoms with Crippen LogP contribution in [0.5, 0.6) is 0 Å². The van der Waals surface area contributed by atoms with Gasteiger partial charge in [0, 0.05) is 7.05 Å². The predicted octanol–water partition coefficient (Wildman–Crippen LogP) is 2.86. The molecule has 21 heavy (non-hydrogen) atoms. The molecule has 4 nitrogen and oxygen atoms in total. The Morgan fingerprint density at radius 2 is 1.95 bits per heavy atom. The SMILES string of the molecule is Cc1ccc(C(NC(=O)N(C)CC(C)(C)O)C2CC2)cc1. The maximum Gasteiger partial charge on any atom is 0.317 e. The lowest BCUT2D eigenvalue weighted by Crippen LogP contribution is -2.46. The summed E-state index contributed by atoms with van der Waals surface area (Å²) in [4.78, 5) is 13.9. The first-order chi connectivity index (χ1) is 9.76. The first-order valence-electron chi connectivity index (χ1n) is 7.57. The van der Waals surface area contributed by atoms with Crippen LogP contribution in [0.2, 0.25) is 0 Å². The van der Waals surface area contributed by atoms with E-state index in [0.29, 0.717) is 12.5 Å². The standard InChI is InChI=1S/C17H26N2O2/c1-12-5-7-13(8-6-12)15(14-9-10-14)18-16(20)19(4)11-17(2,3)21/h5-8,14-15,21H,9-11H2,1-4H3,(H,18,20). The Balaban J connectivity index is 2.03. The van der Waals surface area contributed by atoms with Crippen LogP contribution >= 0.6 is 0 Å². The van der Waals surface area contributed by atoms with E-state index < -0.39 is 5.60 Å². The molecule has 1 unspecified atom stereocenters. The number of urea groups is 1. The van der Waals surface area contributed by atoms with E-state index in [4.69, 9.17) is 0 Å². The van der Waals surface area contributed by atoms with Crippen LogP contribution in [-0.2, 0) is 0 Å². The number of hydrogen-bond acceptors (Lipinski definition) is 2. The lowest BCUT2D eigenvalue weighted by Gasteiger charge is -2.28. The average molecular weight is 290 g/mol. The number of rotatable bonds is 5. The lowest BCUT2D eigenvalue weighted by atomic mass is 10.0. The van der Waals surface area contributed by atoms with E-state index in [9.17, 15) is 9.90 Å². The molecule has 2 rings (SSSR count). The minimum Gasteiger partial charge on any atom is -0.389 e. The van der Waals surface area contributed by atoms with Gasteiger partial charge in [0.05, 0.1) is 18.2 Å². The smallest absolute Gasteiger partial charge is 0.317 e. The summed E-state index contributed by atoms with van der Waals surface area (Å²) in [5.41, 5.74) is 1.50. The molecule has 1 aliphatic carbocycles. The number of likely N-dealkylation sites (N-methyl/N-ethyl adjacent to an activating group) is 1. The first kappa shape index (κ1) is 15.8. The van der Waals surface area contributed by atoms with Crippen LogP contribution in [0, 0.1) is 12.8 Å². The summed E-state index contributed by atoms with van der Waals surface area (Å²) in [5, 5.41) is 12.9. The fraction of sp³-hybridized carbons (Fsp3) is 0.588. The summed E-state index contributed by atoms with van der Waals surface area (Å²) in [5.74, 6) is 0.534. The summed E-state index contributed by atoms with van der Waals surface area (Å²) < 4.78 is 0. The number of carbonyl (C=O) groups excluding carboxylic acids is 1. The Hall–Kier alpha value is -1.55. The second kappa shape index (κ2) is 6.06. The van der Waals surface area contributed by atoms with E-state index in [0.717, 1.165) is 18.4 Å². The minimum absolute atomic E-state index is 0.0716.